The van der Waals surface area contributed by atoms with E-state index in [1.807, 2.05) is 19.2 Å². The van der Waals surface area contributed by atoms with E-state index >= 15 is 0 Å². The summed E-state index contributed by atoms with van der Waals surface area (Å²) in [4.78, 5) is 0. The number of benzene rings is 1. The highest BCUT2D eigenvalue weighted by atomic mass is 79.9. The molecule has 0 saturated carbocycles. The second-order valence-electron chi connectivity index (χ2n) is 5.22. The number of ether oxygens (including phenoxy) is 3. The highest BCUT2D eigenvalue weighted by Gasteiger charge is 2.39. The van der Waals surface area contributed by atoms with Crippen molar-refractivity contribution in [2.75, 3.05) is 27.9 Å². The van der Waals surface area contributed by atoms with E-state index in [0.717, 1.165) is 41.0 Å². The Bertz CT molecular complexity index is 472. The van der Waals surface area contributed by atoms with E-state index in [0.29, 0.717) is 0 Å². The molecule has 2 atom stereocenters. The van der Waals surface area contributed by atoms with E-state index in [1.165, 1.54) is 0 Å². The molecule has 1 aromatic carbocycles. The number of nitrogens with one attached hydrogen (secondary N) is 1. The van der Waals surface area contributed by atoms with Crippen LogP contribution in [-0.4, -0.2) is 33.5 Å². The fourth-order valence-electron chi connectivity index (χ4n) is 2.91. The third-order valence-corrected chi connectivity index (χ3v) is 4.65. The van der Waals surface area contributed by atoms with Gasteiger partial charge in [-0.25, -0.2) is 0 Å². The summed E-state index contributed by atoms with van der Waals surface area (Å²) in [6, 6.07) is 4.05. The molecule has 0 amide bonds. The Morgan fingerprint density at radius 2 is 1.95 bits per heavy atom. The Balaban J connectivity index is 2.44. The Kier molecular flexibility index (Phi) is 4.94. The van der Waals surface area contributed by atoms with Crippen LogP contribution in [0.25, 0.3) is 0 Å². The van der Waals surface area contributed by atoms with Crippen molar-refractivity contribution in [3.63, 3.8) is 0 Å². The lowest BCUT2D eigenvalue weighted by Crippen LogP contribution is -2.39. The van der Waals surface area contributed by atoms with Crippen molar-refractivity contribution < 1.29 is 14.2 Å². The molecular formula is C15H22BrNO3. The summed E-state index contributed by atoms with van der Waals surface area (Å²) < 4.78 is 17.7. The lowest BCUT2D eigenvalue weighted by molar-refractivity contribution is -0.0107. The molecule has 0 bridgehead atoms. The molecule has 0 aliphatic carbocycles. The van der Waals surface area contributed by atoms with Gasteiger partial charge in [0, 0.05) is 11.1 Å². The average Bonchev–Trinajstić information content (AvgIpc) is 2.88. The Labute approximate surface area is 128 Å². The van der Waals surface area contributed by atoms with Crippen LogP contribution in [-0.2, 0) is 4.74 Å². The van der Waals surface area contributed by atoms with Crippen molar-refractivity contribution in [2.45, 2.75) is 31.4 Å². The molecule has 4 nitrogen and oxygen atoms in total. The lowest BCUT2D eigenvalue weighted by atomic mass is 9.87. The van der Waals surface area contributed by atoms with Crippen LogP contribution < -0.4 is 14.8 Å². The van der Waals surface area contributed by atoms with Crippen molar-refractivity contribution in [2.24, 2.45) is 0 Å². The second-order valence-corrected chi connectivity index (χ2v) is 6.07. The molecule has 1 heterocycles. The van der Waals surface area contributed by atoms with Crippen LogP contribution in [0.5, 0.6) is 11.5 Å². The van der Waals surface area contributed by atoms with Gasteiger partial charge >= 0.3 is 0 Å². The van der Waals surface area contributed by atoms with Gasteiger partial charge in [0.15, 0.2) is 11.5 Å². The van der Waals surface area contributed by atoms with Crippen LogP contribution >= 0.6 is 15.9 Å². The van der Waals surface area contributed by atoms with Gasteiger partial charge in [-0.05, 0) is 44.5 Å². The summed E-state index contributed by atoms with van der Waals surface area (Å²) in [6.07, 6.45) is 2.14. The summed E-state index contributed by atoms with van der Waals surface area (Å²) >= 11 is 3.63. The average molecular weight is 344 g/mol. The molecule has 1 fully saturated rings. The SMILES string of the molecule is CNC(c1cc(OC)c(OC)cc1Br)C1(C)CCCO1. The molecule has 0 radical (unpaired) electrons. The minimum absolute atomic E-state index is 0.0965. The van der Waals surface area contributed by atoms with Gasteiger partial charge in [0.05, 0.1) is 25.9 Å². The van der Waals surface area contributed by atoms with Gasteiger partial charge in [-0.2, -0.15) is 0 Å². The summed E-state index contributed by atoms with van der Waals surface area (Å²) in [6.45, 7) is 2.98. The number of methoxy groups -OCH3 is 2. The van der Waals surface area contributed by atoms with Crippen LogP contribution in [0, 0.1) is 0 Å². The highest BCUT2D eigenvalue weighted by molar-refractivity contribution is 9.10. The van der Waals surface area contributed by atoms with E-state index in [9.17, 15) is 0 Å². The highest BCUT2D eigenvalue weighted by Crippen LogP contribution is 2.43. The normalized spacial score (nSPS) is 23.6. The van der Waals surface area contributed by atoms with Crippen LogP contribution in [0.1, 0.15) is 31.4 Å². The number of hydrogen-bond acceptors (Lipinski definition) is 4. The van der Waals surface area contributed by atoms with E-state index in [4.69, 9.17) is 14.2 Å². The Hall–Kier alpha value is -0.780. The fourth-order valence-corrected chi connectivity index (χ4v) is 3.46. The third-order valence-electron chi connectivity index (χ3n) is 3.96. The number of halogens is 1. The zero-order valence-electron chi connectivity index (χ0n) is 12.5. The summed E-state index contributed by atoms with van der Waals surface area (Å²) in [7, 11) is 5.25. The summed E-state index contributed by atoms with van der Waals surface area (Å²) in [5, 5.41) is 3.38. The zero-order chi connectivity index (χ0) is 14.8. The van der Waals surface area contributed by atoms with Gasteiger partial charge in [-0.1, -0.05) is 15.9 Å². The molecule has 1 aliphatic heterocycles. The van der Waals surface area contributed by atoms with Crippen LogP contribution in [0.2, 0.25) is 0 Å². The van der Waals surface area contributed by atoms with E-state index in [1.54, 1.807) is 14.2 Å². The first-order valence-corrected chi connectivity index (χ1v) is 7.57. The van der Waals surface area contributed by atoms with Gasteiger partial charge in [-0.15, -0.1) is 0 Å². The van der Waals surface area contributed by atoms with Crippen molar-refractivity contribution >= 4 is 15.9 Å². The van der Waals surface area contributed by atoms with E-state index in [-0.39, 0.29) is 11.6 Å². The molecule has 20 heavy (non-hydrogen) atoms. The molecule has 1 aromatic rings. The maximum atomic E-state index is 5.98. The summed E-state index contributed by atoms with van der Waals surface area (Å²) in [5.41, 5.74) is 0.922. The molecule has 0 spiro atoms. The van der Waals surface area contributed by atoms with Crippen LogP contribution in [0.15, 0.2) is 16.6 Å². The molecule has 1 N–H and O–H groups in total. The van der Waals surface area contributed by atoms with Gasteiger partial charge in [0.25, 0.3) is 0 Å². The second kappa shape index (κ2) is 6.33. The smallest absolute Gasteiger partial charge is 0.161 e. The minimum atomic E-state index is -0.198. The lowest BCUT2D eigenvalue weighted by Gasteiger charge is -2.34. The third kappa shape index (κ3) is 2.80. The minimum Gasteiger partial charge on any atom is -0.493 e. The van der Waals surface area contributed by atoms with Gasteiger partial charge in [0.2, 0.25) is 0 Å². The largest absolute Gasteiger partial charge is 0.493 e. The summed E-state index contributed by atoms with van der Waals surface area (Å²) in [5.74, 6) is 1.45. The van der Waals surface area contributed by atoms with E-state index in [2.05, 4.69) is 28.2 Å². The maximum Gasteiger partial charge on any atom is 0.161 e. The fraction of sp³-hybridized carbons (Fsp3) is 0.600. The predicted molar refractivity (Wildman–Crippen MR) is 82.6 cm³/mol. The van der Waals surface area contributed by atoms with Crippen molar-refractivity contribution in [1.82, 2.24) is 5.32 Å². The standard InChI is InChI=1S/C15H22BrNO3/c1-15(6-5-7-20-15)14(17-2)10-8-12(18-3)13(19-4)9-11(10)16/h8-9,14,17H,5-7H2,1-4H3. The molecular weight excluding hydrogens is 322 g/mol. The topological polar surface area (TPSA) is 39.7 Å². The predicted octanol–water partition coefficient (Wildman–Crippen LogP) is 3.30. The molecule has 1 saturated heterocycles. The van der Waals surface area contributed by atoms with Crippen LogP contribution in [0.3, 0.4) is 0 Å². The first-order chi connectivity index (χ1) is 9.55. The van der Waals surface area contributed by atoms with Crippen molar-refractivity contribution in [3.05, 3.63) is 22.2 Å². The quantitative estimate of drug-likeness (QED) is 0.890. The van der Waals surface area contributed by atoms with Gasteiger partial charge < -0.3 is 19.5 Å². The van der Waals surface area contributed by atoms with Gasteiger partial charge in [-0.3, -0.25) is 0 Å². The monoisotopic (exact) mass is 343 g/mol. The molecule has 5 heteroatoms. The van der Waals surface area contributed by atoms with Crippen molar-refractivity contribution in [1.29, 1.82) is 0 Å². The molecule has 2 rings (SSSR count). The van der Waals surface area contributed by atoms with E-state index < -0.39 is 0 Å². The molecule has 0 aromatic heterocycles. The first-order valence-electron chi connectivity index (χ1n) is 6.78. The molecule has 112 valence electrons. The first kappa shape index (κ1) is 15.6. The zero-order valence-corrected chi connectivity index (χ0v) is 14.0. The van der Waals surface area contributed by atoms with Gasteiger partial charge in [0.1, 0.15) is 0 Å². The Morgan fingerprint density at radius 3 is 2.45 bits per heavy atom. The van der Waals surface area contributed by atoms with Crippen LogP contribution in [0.4, 0.5) is 0 Å². The number of likely N-dealkylation sites (N-methyl/N-ethyl adjacent to an activating group) is 1. The molecule has 2 unspecified atom stereocenters. The maximum absolute atomic E-state index is 5.98. The number of hydrogen-bond donors (Lipinski definition) is 1. The van der Waals surface area contributed by atoms with Crippen molar-refractivity contribution in [3.8, 4) is 11.5 Å². The molecule has 1 aliphatic rings. The Morgan fingerprint density at radius 1 is 1.30 bits per heavy atom. The number of rotatable bonds is 5.